The molecule has 0 aliphatic carbocycles. The summed E-state index contributed by atoms with van der Waals surface area (Å²) < 4.78 is 20.3. The molecule has 3 aromatic rings. The molecule has 0 atom stereocenters. The highest BCUT2D eigenvalue weighted by molar-refractivity contribution is 9.10. The molecular formula is C16H12BrFN2O. The number of rotatable bonds is 3. The summed E-state index contributed by atoms with van der Waals surface area (Å²) in [5.41, 5.74) is 7.12. The summed E-state index contributed by atoms with van der Waals surface area (Å²) in [5.74, 6) is 0.273. The molecule has 1 aromatic heterocycles. The summed E-state index contributed by atoms with van der Waals surface area (Å²) in [5, 5.41) is 0.814. The van der Waals surface area contributed by atoms with Crippen LogP contribution in [0, 0.1) is 5.82 Å². The van der Waals surface area contributed by atoms with Gasteiger partial charge in [0.25, 0.3) is 0 Å². The number of fused-ring (bicyclic) bond motifs is 1. The molecule has 1 heterocycles. The maximum absolute atomic E-state index is 13.9. The van der Waals surface area contributed by atoms with Gasteiger partial charge in [-0.05, 0) is 30.3 Å². The van der Waals surface area contributed by atoms with Crippen LogP contribution in [-0.4, -0.2) is 4.98 Å². The number of benzene rings is 2. The standard InChI is InChI=1S/C16H12BrFN2O/c17-10-5-6-13(18)16(7-10)21-15-8-11(9-19)20-14-4-2-1-3-12(14)15/h1-8H,9,19H2. The van der Waals surface area contributed by atoms with E-state index in [1.165, 1.54) is 6.07 Å². The Balaban J connectivity index is 2.13. The second-order valence-corrected chi connectivity index (χ2v) is 5.43. The lowest BCUT2D eigenvalue weighted by Gasteiger charge is -2.11. The van der Waals surface area contributed by atoms with Gasteiger partial charge in [0.1, 0.15) is 5.75 Å². The number of halogens is 2. The summed E-state index contributed by atoms with van der Waals surface area (Å²) in [7, 11) is 0. The van der Waals surface area contributed by atoms with E-state index in [4.69, 9.17) is 10.5 Å². The van der Waals surface area contributed by atoms with Crippen LogP contribution in [0.1, 0.15) is 5.69 Å². The number of pyridine rings is 1. The van der Waals surface area contributed by atoms with E-state index < -0.39 is 5.82 Å². The van der Waals surface area contributed by atoms with E-state index in [2.05, 4.69) is 20.9 Å². The van der Waals surface area contributed by atoms with Crippen molar-refractivity contribution in [3.63, 3.8) is 0 Å². The molecule has 0 radical (unpaired) electrons. The molecule has 0 aliphatic rings. The second kappa shape index (κ2) is 5.79. The second-order valence-electron chi connectivity index (χ2n) is 4.51. The summed E-state index contributed by atoms with van der Waals surface area (Å²) in [6, 6.07) is 13.8. The van der Waals surface area contributed by atoms with Crippen molar-refractivity contribution in [2.75, 3.05) is 0 Å². The van der Waals surface area contributed by atoms with E-state index in [9.17, 15) is 4.39 Å². The third kappa shape index (κ3) is 2.89. The highest BCUT2D eigenvalue weighted by atomic mass is 79.9. The van der Waals surface area contributed by atoms with Gasteiger partial charge in [-0.25, -0.2) is 4.39 Å². The number of nitrogens with zero attached hydrogens (tertiary/aromatic N) is 1. The zero-order valence-electron chi connectivity index (χ0n) is 11.0. The van der Waals surface area contributed by atoms with Crippen LogP contribution in [-0.2, 0) is 6.54 Å². The Bertz CT molecular complexity index is 807. The molecule has 0 unspecified atom stereocenters. The Kier molecular flexibility index (Phi) is 3.86. The fraction of sp³-hybridized carbons (Fsp3) is 0.0625. The van der Waals surface area contributed by atoms with Crippen molar-refractivity contribution in [2.45, 2.75) is 6.54 Å². The minimum Gasteiger partial charge on any atom is -0.453 e. The number of hydrogen-bond acceptors (Lipinski definition) is 3. The van der Waals surface area contributed by atoms with E-state index in [0.717, 1.165) is 15.4 Å². The molecule has 0 bridgehead atoms. The molecule has 0 fully saturated rings. The smallest absolute Gasteiger partial charge is 0.165 e. The fourth-order valence-corrected chi connectivity index (χ4v) is 2.40. The predicted molar refractivity (Wildman–Crippen MR) is 83.8 cm³/mol. The van der Waals surface area contributed by atoms with Gasteiger partial charge in [-0.2, -0.15) is 0 Å². The first-order chi connectivity index (χ1) is 10.2. The van der Waals surface area contributed by atoms with Crippen molar-refractivity contribution in [1.29, 1.82) is 0 Å². The predicted octanol–water partition coefficient (Wildman–Crippen LogP) is 4.39. The van der Waals surface area contributed by atoms with Crippen molar-refractivity contribution >= 4 is 26.8 Å². The molecule has 5 heteroatoms. The lowest BCUT2D eigenvalue weighted by molar-refractivity contribution is 0.445. The monoisotopic (exact) mass is 346 g/mol. The number of para-hydroxylation sites is 1. The molecular weight excluding hydrogens is 335 g/mol. The van der Waals surface area contributed by atoms with Crippen LogP contribution in [0.2, 0.25) is 0 Å². The Morgan fingerprint density at radius 2 is 1.90 bits per heavy atom. The van der Waals surface area contributed by atoms with Gasteiger partial charge < -0.3 is 10.5 Å². The van der Waals surface area contributed by atoms with Crippen LogP contribution in [0.3, 0.4) is 0 Å². The van der Waals surface area contributed by atoms with Gasteiger partial charge in [-0.3, -0.25) is 4.98 Å². The molecule has 2 aromatic carbocycles. The number of ether oxygens (including phenoxy) is 1. The van der Waals surface area contributed by atoms with Crippen LogP contribution in [0.4, 0.5) is 4.39 Å². The molecule has 2 N–H and O–H groups in total. The zero-order valence-corrected chi connectivity index (χ0v) is 12.6. The van der Waals surface area contributed by atoms with Gasteiger partial charge in [0, 0.05) is 22.5 Å². The van der Waals surface area contributed by atoms with Crippen molar-refractivity contribution in [2.24, 2.45) is 5.73 Å². The minimum atomic E-state index is -0.423. The Hall–Kier alpha value is -1.98. The van der Waals surface area contributed by atoms with Gasteiger partial charge in [0.05, 0.1) is 11.2 Å². The van der Waals surface area contributed by atoms with E-state index in [0.29, 0.717) is 18.0 Å². The summed E-state index contributed by atoms with van der Waals surface area (Å²) in [6.07, 6.45) is 0. The third-order valence-electron chi connectivity index (χ3n) is 3.05. The zero-order chi connectivity index (χ0) is 14.8. The Morgan fingerprint density at radius 3 is 2.71 bits per heavy atom. The average molecular weight is 347 g/mol. The van der Waals surface area contributed by atoms with Gasteiger partial charge in [0.2, 0.25) is 0 Å². The summed E-state index contributed by atoms with van der Waals surface area (Å²) >= 11 is 3.31. The molecule has 3 nitrogen and oxygen atoms in total. The van der Waals surface area contributed by atoms with Gasteiger partial charge >= 0.3 is 0 Å². The first-order valence-corrected chi connectivity index (χ1v) is 7.18. The van der Waals surface area contributed by atoms with Crippen molar-refractivity contribution in [3.8, 4) is 11.5 Å². The third-order valence-corrected chi connectivity index (χ3v) is 3.55. The fourth-order valence-electron chi connectivity index (χ4n) is 2.06. The average Bonchev–Trinajstić information content (AvgIpc) is 2.50. The molecule has 106 valence electrons. The van der Waals surface area contributed by atoms with Crippen molar-refractivity contribution < 1.29 is 9.13 Å². The lowest BCUT2D eigenvalue weighted by Crippen LogP contribution is -2.01. The first kappa shape index (κ1) is 14.0. The summed E-state index contributed by atoms with van der Waals surface area (Å²) in [4.78, 5) is 4.43. The van der Waals surface area contributed by atoms with E-state index in [1.807, 2.05) is 24.3 Å². The van der Waals surface area contributed by atoms with E-state index >= 15 is 0 Å². The molecule has 0 amide bonds. The normalized spacial score (nSPS) is 10.8. The molecule has 0 spiro atoms. The van der Waals surface area contributed by atoms with Gasteiger partial charge in [-0.1, -0.05) is 28.1 Å². The highest BCUT2D eigenvalue weighted by Crippen LogP contribution is 2.32. The largest absolute Gasteiger partial charge is 0.453 e. The lowest BCUT2D eigenvalue weighted by atomic mass is 10.2. The molecule has 21 heavy (non-hydrogen) atoms. The molecule has 0 saturated heterocycles. The number of hydrogen-bond donors (Lipinski definition) is 1. The van der Waals surface area contributed by atoms with Crippen molar-refractivity contribution in [3.05, 3.63) is 64.5 Å². The van der Waals surface area contributed by atoms with Gasteiger partial charge in [0.15, 0.2) is 11.6 Å². The number of aromatic nitrogens is 1. The topological polar surface area (TPSA) is 48.1 Å². The van der Waals surface area contributed by atoms with Crippen LogP contribution < -0.4 is 10.5 Å². The quantitative estimate of drug-likeness (QED) is 0.765. The number of nitrogens with two attached hydrogens (primary N) is 1. The Labute approximate surface area is 129 Å². The van der Waals surface area contributed by atoms with Crippen LogP contribution >= 0.6 is 15.9 Å². The highest BCUT2D eigenvalue weighted by Gasteiger charge is 2.10. The van der Waals surface area contributed by atoms with E-state index in [-0.39, 0.29) is 5.75 Å². The van der Waals surface area contributed by atoms with Crippen LogP contribution in [0.5, 0.6) is 11.5 Å². The molecule has 0 aliphatic heterocycles. The molecule has 3 rings (SSSR count). The van der Waals surface area contributed by atoms with Crippen molar-refractivity contribution in [1.82, 2.24) is 4.98 Å². The summed E-state index contributed by atoms with van der Waals surface area (Å²) in [6.45, 7) is 0.294. The maximum atomic E-state index is 13.9. The van der Waals surface area contributed by atoms with Crippen LogP contribution in [0.15, 0.2) is 53.0 Å². The van der Waals surface area contributed by atoms with Gasteiger partial charge in [-0.15, -0.1) is 0 Å². The Morgan fingerprint density at radius 1 is 1.10 bits per heavy atom. The van der Waals surface area contributed by atoms with Crippen LogP contribution in [0.25, 0.3) is 10.9 Å². The minimum absolute atomic E-state index is 0.156. The first-order valence-electron chi connectivity index (χ1n) is 6.39. The molecule has 0 saturated carbocycles. The maximum Gasteiger partial charge on any atom is 0.165 e. The SMILES string of the molecule is NCc1cc(Oc2cc(Br)ccc2F)c2ccccc2n1. The van der Waals surface area contributed by atoms with E-state index in [1.54, 1.807) is 18.2 Å².